The van der Waals surface area contributed by atoms with E-state index in [9.17, 15) is 9.59 Å². The number of nitrogens with two attached hydrogens (primary N) is 1. The smallest absolute Gasteiger partial charge is 0.418 e. The Hall–Kier alpha value is -5.88. The molecule has 0 aliphatic carbocycles. The van der Waals surface area contributed by atoms with Crippen LogP contribution in [0.4, 0.5) is 20.7 Å². The van der Waals surface area contributed by atoms with E-state index in [0.29, 0.717) is 54.3 Å². The van der Waals surface area contributed by atoms with E-state index >= 15 is 4.39 Å². The quantitative estimate of drug-likeness (QED) is 0.160. The van der Waals surface area contributed by atoms with Crippen molar-refractivity contribution in [2.75, 3.05) is 11.1 Å². The minimum Gasteiger partial charge on any atom is -0.443 e. The van der Waals surface area contributed by atoms with Gasteiger partial charge >= 0.3 is 12.1 Å². The van der Waals surface area contributed by atoms with Gasteiger partial charge in [0.2, 0.25) is 5.91 Å². The van der Waals surface area contributed by atoms with E-state index in [1.807, 2.05) is 25.1 Å². The van der Waals surface area contributed by atoms with Crippen LogP contribution in [-0.4, -0.2) is 37.1 Å². The Morgan fingerprint density at radius 2 is 1.86 bits per heavy atom. The summed E-state index contributed by atoms with van der Waals surface area (Å²) in [6.07, 6.45) is 5.39. The van der Waals surface area contributed by atoms with Crippen molar-refractivity contribution in [3.63, 3.8) is 0 Å². The monoisotopic (exact) mass is 676 g/mol. The Kier molecular flexibility index (Phi) is 8.74. The number of fused-ring (bicyclic) bond motifs is 1. The molecule has 6 aromatic rings. The number of anilines is 2. The predicted molar refractivity (Wildman–Crippen MR) is 190 cm³/mol. The van der Waals surface area contributed by atoms with Crippen LogP contribution in [0.1, 0.15) is 32.0 Å². The molecular weight excluding hydrogens is 644 g/mol. The third kappa shape index (κ3) is 6.76. The lowest BCUT2D eigenvalue weighted by molar-refractivity contribution is -0.111. The Balaban J connectivity index is 1.60. The highest BCUT2D eigenvalue weighted by Gasteiger charge is 2.27. The predicted octanol–water partition coefficient (Wildman–Crippen LogP) is 8.93. The van der Waals surface area contributed by atoms with Crippen molar-refractivity contribution in [3.05, 3.63) is 103 Å². The number of thiophene rings is 1. The Morgan fingerprint density at radius 3 is 2.57 bits per heavy atom. The zero-order valence-electron chi connectivity index (χ0n) is 27.5. The molecule has 6 rings (SSSR count). The van der Waals surface area contributed by atoms with Gasteiger partial charge in [-0.3, -0.25) is 9.36 Å². The molecule has 0 radical (unpaired) electrons. The molecule has 0 spiro atoms. The number of hydrogen-bond acceptors (Lipinski definition) is 9. The van der Waals surface area contributed by atoms with Crippen LogP contribution >= 0.6 is 11.3 Å². The third-order valence-electron chi connectivity index (χ3n) is 7.41. The fourth-order valence-corrected chi connectivity index (χ4v) is 6.69. The van der Waals surface area contributed by atoms with Crippen LogP contribution in [0.25, 0.3) is 42.9 Å². The van der Waals surface area contributed by atoms with Gasteiger partial charge in [-0.2, -0.15) is 0 Å². The van der Waals surface area contributed by atoms with Crippen LogP contribution in [0.3, 0.4) is 0 Å². The fourth-order valence-electron chi connectivity index (χ4n) is 5.30. The van der Waals surface area contributed by atoms with E-state index in [0.717, 1.165) is 5.56 Å². The Labute approximate surface area is 286 Å². The van der Waals surface area contributed by atoms with Gasteiger partial charge in [0.25, 0.3) is 0 Å². The SMILES string of the molecule is C=CC(=O)Nc1cc(C)ccc1-c1sc2c(-c3cccn3C(=O)OC(C)(C)C)cnc(N)c2c1-c1ccc(Oc2nccc(C)n2)c(F)c1. The molecule has 0 aliphatic rings. The molecule has 0 saturated carbocycles. The van der Waals surface area contributed by atoms with E-state index in [1.165, 1.54) is 40.3 Å². The topological polar surface area (TPSA) is 134 Å². The van der Waals surface area contributed by atoms with Gasteiger partial charge < -0.3 is 20.5 Å². The maximum Gasteiger partial charge on any atom is 0.418 e. The second kappa shape index (κ2) is 13.0. The number of amides is 1. The van der Waals surface area contributed by atoms with Crippen LogP contribution in [0.15, 0.2) is 85.8 Å². The van der Waals surface area contributed by atoms with Crippen LogP contribution < -0.4 is 15.8 Å². The summed E-state index contributed by atoms with van der Waals surface area (Å²) in [6, 6.07) is 15.5. The van der Waals surface area contributed by atoms with Crippen molar-refractivity contribution in [1.29, 1.82) is 0 Å². The molecule has 0 aliphatic heterocycles. The van der Waals surface area contributed by atoms with Gasteiger partial charge in [-0.1, -0.05) is 24.8 Å². The second-order valence-corrected chi connectivity index (χ2v) is 13.3. The first-order valence-corrected chi connectivity index (χ1v) is 16.1. The first-order chi connectivity index (χ1) is 23.3. The zero-order valence-corrected chi connectivity index (χ0v) is 28.3. The standard InChI is InChI=1S/C37H33FN6O4S/c1-7-29(45)43-26-17-20(2)10-12-23(26)32-30(22-11-13-28(25(38)18-22)47-35-40-15-14-21(3)42-35)31-33(49-32)24(19-41-34(31)39)27-9-8-16-44(27)36(46)48-37(4,5)6/h7-19H,1H2,2-6H3,(H2,39,41)(H,43,45). The molecule has 248 valence electrons. The summed E-state index contributed by atoms with van der Waals surface area (Å²) in [6.45, 7) is 12.7. The first-order valence-electron chi connectivity index (χ1n) is 15.3. The van der Waals surface area contributed by atoms with Gasteiger partial charge in [0.05, 0.1) is 10.4 Å². The van der Waals surface area contributed by atoms with Crippen LogP contribution in [0.5, 0.6) is 11.8 Å². The summed E-state index contributed by atoms with van der Waals surface area (Å²) in [5.41, 5.74) is 10.9. The molecule has 4 heterocycles. The molecule has 0 saturated heterocycles. The summed E-state index contributed by atoms with van der Waals surface area (Å²) < 4.78 is 29.3. The van der Waals surface area contributed by atoms with Gasteiger partial charge in [-0.05, 0) is 88.2 Å². The van der Waals surface area contributed by atoms with Crippen molar-refractivity contribution in [2.24, 2.45) is 0 Å². The number of pyridine rings is 1. The van der Waals surface area contributed by atoms with Gasteiger partial charge in [0, 0.05) is 56.9 Å². The normalized spacial score (nSPS) is 11.4. The van der Waals surface area contributed by atoms with Crippen LogP contribution in [-0.2, 0) is 9.53 Å². The highest BCUT2D eigenvalue weighted by Crippen LogP contribution is 2.51. The molecule has 1 amide bonds. The molecular formula is C37H33FN6O4S. The molecule has 10 nitrogen and oxygen atoms in total. The van der Waals surface area contributed by atoms with Crippen LogP contribution in [0, 0.1) is 19.7 Å². The number of nitrogen functional groups attached to an aromatic ring is 1. The summed E-state index contributed by atoms with van der Waals surface area (Å²) in [5, 5.41) is 3.45. The van der Waals surface area contributed by atoms with E-state index in [-0.39, 0.29) is 17.6 Å². The molecule has 0 fully saturated rings. The van der Waals surface area contributed by atoms with E-state index in [4.69, 9.17) is 15.2 Å². The molecule has 0 unspecified atom stereocenters. The summed E-state index contributed by atoms with van der Waals surface area (Å²) in [5.74, 6) is -0.910. The number of benzene rings is 2. The van der Waals surface area contributed by atoms with Gasteiger partial charge in [-0.15, -0.1) is 11.3 Å². The van der Waals surface area contributed by atoms with E-state index in [1.54, 1.807) is 64.4 Å². The molecule has 2 aromatic carbocycles. The summed E-state index contributed by atoms with van der Waals surface area (Å²) in [4.78, 5) is 39.3. The lowest BCUT2D eigenvalue weighted by atomic mass is 9.96. The molecule has 12 heteroatoms. The molecule has 49 heavy (non-hydrogen) atoms. The number of aromatic nitrogens is 4. The average Bonchev–Trinajstić information content (AvgIpc) is 3.68. The number of nitrogens with one attached hydrogen (secondary N) is 1. The Bertz CT molecular complexity index is 2270. The van der Waals surface area contributed by atoms with Crippen molar-refractivity contribution in [2.45, 2.75) is 40.2 Å². The average molecular weight is 677 g/mol. The zero-order chi connectivity index (χ0) is 35.0. The van der Waals surface area contributed by atoms with Crippen LogP contribution in [0.2, 0.25) is 0 Å². The maximum atomic E-state index is 15.8. The number of hydrogen-bond donors (Lipinski definition) is 2. The number of aryl methyl sites for hydroxylation is 2. The van der Waals surface area contributed by atoms with Crippen molar-refractivity contribution in [1.82, 2.24) is 19.5 Å². The minimum absolute atomic E-state index is 0.0154. The van der Waals surface area contributed by atoms with Crippen molar-refractivity contribution in [3.8, 4) is 44.6 Å². The fraction of sp³-hybridized carbons (Fsp3) is 0.162. The third-order valence-corrected chi connectivity index (χ3v) is 8.67. The first kappa shape index (κ1) is 33.0. The molecule has 0 bridgehead atoms. The van der Waals surface area contributed by atoms with Gasteiger partial charge in [0.15, 0.2) is 11.6 Å². The lowest BCUT2D eigenvalue weighted by Gasteiger charge is -2.20. The maximum absolute atomic E-state index is 15.8. The molecule has 3 N–H and O–H groups in total. The lowest BCUT2D eigenvalue weighted by Crippen LogP contribution is -2.27. The van der Waals surface area contributed by atoms with E-state index in [2.05, 4.69) is 26.8 Å². The van der Waals surface area contributed by atoms with E-state index < -0.39 is 23.4 Å². The number of carbonyl (C=O) groups excluding carboxylic acids is 2. The summed E-state index contributed by atoms with van der Waals surface area (Å²) >= 11 is 1.38. The highest BCUT2D eigenvalue weighted by molar-refractivity contribution is 7.23. The Morgan fingerprint density at radius 1 is 1.06 bits per heavy atom. The molecule has 0 atom stereocenters. The van der Waals surface area contributed by atoms with Gasteiger partial charge in [0.1, 0.15) is 11.4 Å². The second-order valence-electron chi connectivity index (χ2n) is 12.3. The molecule has 4 aromatic heterocycles. The number of halogens is 1. The minimum atomic E-state index is -0.723. The van der Waals surface area contributed by atoms with Crippen molar-refractivity contribution < 1.29 is 23.5 Å². The van der Waals surface area contributed by atoms with Gasteiger partial charge in [-0.25, -0.2) is 24.1 Å². The number of nitrogens with zero attached hydrogens (tertiary/aromatic N) is 4. The number of carbonyl (C=O) groups is 2. The summed E-state index contributed by atoms with van der Waals surface area (Å²) in [7, 11) is 0. The number of rotatable bonds is 7. The highest BCUT2D eigenvalue weighted by atomic mass is 32.1. The number of ether oxygens (including phenoxy) is 2. The van der Waals surface area contributed by atoms with Crippen molar-refractivity contribution >= 4 is 44.9 Å². The largest absolute Gasteiger partial charge is 0.443 e.